The van der Waals surface area contributed by atoms with Gasteiger partial charge in [0.1, 0.15) is 5.69 Å². The molecule has 0 aliphatic rings. The first kappa shape index (κ1) is 11.4. The van der Waals surface area contributed by atoms with Gasteiger partial charge in [0.25, 0.3) is 5.91 Å². The maximum Gasteiger partial charge on any atom is 0.251 e. The quantitative estimate of drug-likeness (QED) is 0.721. The van der Waals surface area contributed by atoms with E-state index in [1.807, 2.05) is 0 Å². The molecular formula is C8H6N4O4. The van der Waals surface area contributed by atoms with E-state index in [2.05, 4.69) is 10.4 Å². The lowest BCUT2D eigenvalue weighted by Gasteiger charge is -2.05. The number of hydrogen-bond donors (Lipinski definition) is 2. The van der Waals surface area contributed by atoms with E-state index < -0.39 is 23.1 Å². The second-order valence-corrected chi connectivity index (χ2v) is 2.77. The third-order valence-electron chi connectivity index (χ3n) is 1.86. The Morgan fingerprint density at radius 3 is 2.00 bits per heavy atom. The first-order valence-corrected chi connectivity index (χ1v) is 3.96. The number of amides is 2. The van der Waals surface area contributed by atoms with Crippen LogP contribution in [-0.4, -0.2) is 11.8 Å². The lowest BCUT2D eigenvalue weighted by atomic mass is 10.0. The highest BCUT2D eigenvalue weighted by Crippen LogP contribution is 2.33. The molecule has 0 saturated heterocycles. The van der Waals surface area contributed by atoms with Crippen molar-refractivity contribution in [2.45, 2.75) is 0 Å². The Morgan fingerprint density at radius 1 is 1.00 bits per heavy atom. The van der Waals surface area contributed by atoms with Crippen molar-refractivity contribution in [2.75, 3.05) is 0 Å². The highest BCUT2D eigenvalue weighted by molar-refractivity contribution is 6.10. The van der Waals surface area contributed by atoms with Crippen molar-refractivity contribution in [3.63, 3.8) is 0 Å². The number of nitrogens with zero attached hydrogens (tertiary/aromatic N) is 2. The minimum Gasteiger partial charge on any atom is -0.366 e. The van der Waals surface area contributed by atoms with Crippen LogP contribution >= 0.6 is 0 Å². The van der Waals surface area contributed by atoms with Gasteiger partial charge in [-0.05, 0) is 22.5 Å². The van der Waals surface area contributed by atoms with E-state index in [0.29, 0.717) is 0 Å². The number of carbonyl (C=O) groups excluding carboxylic acids is 2. The molecule has 0 unspecified atom stereocenters. The van der Waals surface area contributed by atoms with E-state index >= 15 is 0 Å². The van der Waals surface area contributed by atoms with Crippen LogP contribution in [0.25, 0.3) is 0 Å². The molecule has 0 atom stereocenters. The Balaban J connectivity index is 3.69. The first-order chi connectivity index (χ1) is 7.52. The van der Waals surface area contributed by atoms with Crippen molar-refractivity contribution in [1.29, 1.82) is 0 Å². The molecule has 0 bridgehead atoms. The molecule has 0 heterocycles. The standard InChI is InChI=1S/C8H6N4O4/c9-7(13)3-1-2-4(11-15)6(12-16)5(3)8(10)14/h1-2H,(H2,9,13)(H2,10,14). The molecule has 0 spiro atoms. The molecule has 0 radical (unpaired) electrons. The maximum absolute atomic E-state index is 11.0. The van der Waals surface area contributed by atoms with Crippen LogP contribution in [0.5, 0.6) is 0 Å². The van der Waals surface area contributed by atoms with Crippen LogP contribution in [0.1, 0.15) is 20.7 Å². The average molecular weight is 222 g/mol. The number of hydrogen-bond acceptors (Lipinski definition) is 6. The molecule has 8 nitrogen and oxygen atoms in total. The van der Waals surface area contributed by atoms with Gasteiger partial charge in [-0.1, -0.05) is 0 Å². The molecule has 16 heavy (non-hydrogen) atoms. The predicted molar refractivity (Wildman–Crippen MR) is 54.4 cm³/mol. The molecule has 0 aliphatic carbocycles. The summed E-state index contributed by atoms with van der Waals surface area (Å²) in [4.78, 5) is 42.8. The molecule has 2 amide bonds. The first-order valence-electron chi connectivity index (χ1n) is 3.96. The van der Waals surface area contributed by atoms with Crippen LogP contribution in [0.3, 0.4) is 0 Å². The summed E-state index contributed by atoms with van der Waals surface area (Å²) in [5, 5.41) is 4.93. The summed E-state index contributed by atoms with van der Waals surface area (Å²) in [5.41, 5.74) is 8.18. The van der Waals surface area contributed by atoms with Gasteiger partial charge in [0, 0.05) is 0 Å². The van der Waals surface area contributed by atoms with E-state index in [0.717, 1.165) is 12.1 Å². The minimum atomic E-state index is -1.09. The van der Waals surface area contributed by atoms with Crippen molar-refractivity contribution in [1.82, 2.24) is 0 Å². The van der Waals surface area contributed by atoms with Crippen molar-refractivity contribution < 1.29 is 9.59 Å². The summed E-state index contributed by atoms with van der Waals surface area (Å²) in [6.07, 6.45) is 0. The van der Waals surface area contributed by atoms with Gasteiger partial charge >= 0.3 is 0 Å². The Labute approximate surface area is 88.6 Å². The maximum atomic E-state index is 11.0. The number of nitrogens with two attached hydrogens (primary N) is 2. The zero-order chi connectivity index (χ0) is 12.3. The third kappa shape index (κ3) is 1.75. The summed E-state index contributed by atoms with van der Waals surface area (Å²) in [7, 11) is 0. The lowest BCUT2D eigenvalue weighted by molar-refractivity contribution is 0.0968. The number of nitroso groups, excluding NO2 is 2. The molecular weight excluding hydrogens is 216 g/mol. The van der Waals surface area contributed by atoms with Crippen molar-refractivity contribution >= 4 is 23.2 Å². The molecule has 82 valence electrons. The summed E-state index contributed by atoms with van der Waals surface area (Å²) in [5.74, 6) is -2.05. The fourth-order valence-corrected chi connectivity index (χ4v) is 1.20. The summed E-state index contributed by atoms with van der Waals surface area (Å²) in [6, 6.07) is 2.13. The van der Waals surface area contributed by atoms with Gasteiger partial charge in [-0.2, -0.15) is 0 Å². The van der Waals surface area contributed by atoms with Crippen molar-refractivity contribution in [3.8, 4) is 0 Å². The molecule has 1 aromatic rings. The Bertz CT molecular complexity index is 497. The van der Waals surface area contributed by atoms with E-state index in [4.69, 9.17) is 11.5 Å². The molecule has 1 aromatic carbocycles. The molecule has 8 heteroatoms. The lowest BCUT2D eigenvalue weighted by Crippen LogP contribution is -2.20. The van der Waals surface area contributed by atoms with Gasteiger partial charge in [-0.15, -0.1) is 9.81 Å². The van der Waals surface area contributed by atoms with Gasteiger partial charge in [-0.25, -0.2) is 0 Å². The van der Waals surface area contributed by atoms with Gasteiger partial charge in [0.15, 0.2) is 5.69 Å². The molecule has 4 N–H and O–H groups in total. The average Bonchev–Trinajstić information content (AvgIpc) is 2.26. The van der Waals surface area contributed by atoms with Crippen LogP contribution in [0.4, 0.5) is 11.4 Å². The van der Waals surface area contributed by atoms with Gasteiger partial charge < -0.3 is 11.5 Å². The number of benzene rings is 1. The van der Waals surface area contributed by atoms with Crippen LogP contribution in [-0.2, 0) is 0 Å². The van der Waals surface area contributed by atoms with E-state index in [1.54, 1.807) is 0 Å². The van der Waals surface area contributed by atoms with Crippen LogP contribution < -0.4 is 11.5 Å². The normalized spacial score (nSPS) is 9.50. The fraction of sp³-hybridized carbons (Fsp3) is 0. The fourth-order valence-electron chi connectivity index (χ4n) is 1.20. The summed E-state index contributed by atoms with van der Waals surface area (Å²) in [6.45, 7) is 0. The van der Waals surface area contributed by atoms with E-state index in [1.165, 1.54) is 0 Å². The third-order valence-corrected chi connectivity index (χ3v) is 1.86. The monoisotopic (exact) mass is 222 g/mol. The minimum absolute atomic E-state index is 0.283. The SMILES string of the molecule is NC(=O)c1ccc(N=O)c(N=O)c1C(N)=O. The van der Waals surface area contributed by atoms with Crippen LogP contribution in [0.2, 0.25) is 0 Å². The van der Waals surface area contributed by atoms with Crippen LogP contribution in [0.15, 0.2) is 22.5 Å². The zero-order valence-corrected chi connectivity index (χ0v) is 7.84. The zero-order valence-electron chi connectivity index (χ0n) is 7.84. The number of primary amides is 2. The van der Waals surface area contributed by atoms with Crippen molar-refractivity contribution in [3.05, 3.63) is 33.1 Å². The Hall–Kier alpha value is -2.64. The second kappa shape index (κ2) is 4.26. The van der Waals surface area contributed by atoms with E-state index in [9.17, 15) is 19.4 Å². The highest BCUT2D eigenvalue weighted by atomic mass is 16.3. The Morgan fingerprint density at radius 2 is 1.62 bits per heavy atom. The molecule has 0 saturated carbocycles. The molecule has 1 rings (SSSR count). The van der Waals surface area contributed by atoms with Crippen molar-refractivity contribution in [2.24, 2.45) is 21.8 Å². The van der Waals surface area contributed by atoms with Gasteiger partial charge in [-0.3, -0.25) is 9.59 Å². The topological polar surface area (TPSA) is 145 Å². The number of rotatable bonds is 4. The summed E-state index contributed by atoms with van der Waals surface area (Å²) < 4.78 is 0. The molecule has 0 fully saturated rings. The van der Waals surface area contributed by atoms with E-state index in [-0.39, 0.29) is 11.3 Å². The smallest absolute Gasteiger partial charge is 0.251 e. The Kier molecular flexibility index (Phi) is 3.04. The molecule has 0 aromatic heterocycles. The van der Waals surface area contributed by atoms with Gasteiger partial charge in [0.2, 0.25) is 5.91 Å². The van der Waals surface area contributed by atoms with Crippen LogP contribution in [0, 0.1) is 9.81 Å². The largest absolute Gasteiger partial charge is 0.366 e. The second-order valence-electron chi connectivity index (χ2n) is 2.77. The predicted octanol–water partition coefficient (Wildman–Crippen LogP) is 0.680. The summed E-state index contributed by atoms with van der Waals surface area (Å²) >= 11 is 0. The highest BCUT2D eigenvalue weighted by Gasteiger charge is 2.21. The molecule has 0 aliphatic heterocycles. The van der Waals surface area contributed by atoms with Gasteiger partial charge in [0.05, 0.1) is 11.1 Å². The number of carbonyl (C=O) groups is 2.